The molecule has 2 aromatic heterocycles. The third-order valence-electron chi connectivity index (χ3n) is 2.91. The molecule has 0 spiro atoms. The molecular formula is C11H12BrN5. The molecule has 1 aliphatic rings. The standard InChI is InChI=1S/C11H12BrN5/c12-9-3-15-17(4-9)11-6-16(7-11)5-10-1-2-13-8-14-10/h1-4,8,11H,5-7H2. The molecule has 5 nitrogen and oxygen atoms in total. The average molecular weight is 294 g/mol. The summed E-state index contributed by atoms with van der Waals surface area (Å²) in [4.78, 5) is 10.5. The lowest BCUT2D eigenvalue weighted by Crippen LogP contribution is -2.47. The molecule has 88 valence electrons. The zero-order valence-corrected chi connectivity index (χ0v) is 10.8. The molecule has 0 aliphatic carbocycles. The second kappa shape index (κ2) is 4.54. The Kier molecular flexibility index (Phi) is 2.90. The second-order valence-electron chi connectivity index (χ2n) is 4.19. The lowest BCUT2D eigenvalue weighted by molar-refractivity contribution is 0.0895. The van der Waals surface area contributed by atoms with Crippen LogP contribution in [0, 0.1) is 0 Å². The summed E-state index contributed by atoms with van der Waals surface area (Å²) in [5, 5.41) is 4.30. The van der Waals surface area contributed by atoms with Crippen molar-refractivity contribution in [3.05, 3.63) is 41.2 Å². The first-order valence-electron chi connectivity index (χ1n) is 5.48. The fraction of sp³-hybridized carbons (Fsp3) is 0.364. The molecule has 0 saturated carbocycles. The van der Waals surface area contributed by atoms with Crippen molar-refractivity contribution in [2.45, 2.75) is 12.6 Å². The van der Waals surface area contributed by atoms with Gasteiger partial charge in [-0.2, -0.15) is 5.10 Å². The van der Waals surface area contributed by atoms with Crippen LogP contribution in [0.3, 0.4) is 0 Å². The van der Waals surface area contributed by atoms with E-state index in [4.69, 9.17) is 0 Å². The van der Waals surface area contributed by atoms with Gasteiger partial charge < -0.3 is 0 Å². The number of likely N-dealkylation sites (tertiary alicyclic amines) is 1. The van der Waals surface area contributed by atoms with Crippen molar-refractivity contribution in [1.29, 1.82) is 0 Å². The van der Waals surface area contributed by atoms with E-state index in [1.165, 1.54) is 0 Å². The summed E-state index contributed by atoms with van der Waals surface area (Å²) in [5.74, 6) is 0. The van der Waals surface area contributed by atoms with Gasteiger partial charge in [0.1, 0.15) is 6.33 Å². The Morgan fingerprint density at radius 3 is 2.94 bits per heavy atom. The molecule has 6 heteroatoms. The van der Waals surface area contributed by atoms with Crippen molar-refractivity contribution >= 4 is 15.9 Å². The average Bonchev–Trinajstić information content (AvgIpc) is 2.71. The minimum atomic E-state index is 0.489. The number of hydrogen-bond donors (Lipinski definition) is 0. The Morgan fingerprint density at radius 2 is 2.29 bits per heavy atom. The second-order valence-corrected chi connectivity index (χ2v) is 5.10. The maximum atomic E-state index is 4.30. The van der Waals surface area contributed by atoms with Crippen molar-refractivity contribution < 1.29 is 0 Å². The highest BCUT2D eigenvalue weighted by atomic mass is 79.9. The van der Waals surface area contributed by atoms with E-state index in [2.05, 4.69) is 35.9 Å². The third-order valence-corrected chi connectivity index (χ3v) is 3.32. The van der Waals surface area contributed by atoms with Gasteiger partial charge in [0.2, 0.25) is 0 Å². The number of aromatic nitrogens is 4. The van der Waals surface area contributed by atoms with Crippen LogP contribution < -0.4 is 0 Å². The lowest BCUT2D eigenvalue weighted by atomic mass is 10.1. The van der Waals surface area contributed by atoms with Gasteiger partial charge in [-0.3, -0.25) is 9.58 Å². The van der Waals surface area contributed by atoms with Crippen molar-refractivity contribution in [2.75, 3.05) is 13.1 Å². The fourth-order valence-electron chi connectivity index (χ4n) is 1.99. The molecule has 1 aliphatic heterocycles. The molecule has 2 aromatic rings. The zero-order chi connectivity index (χ0) is 11.7. The van der Waals surface area contributed by atoms with Gasteiger partial charge >= 0.3 is 0 Å². The van der Waals surface area contributed by atoms with E-state index < -0.39 is 0 Å². The van der Waals surface area contributed by atoms with Crippen LogP contribution in [0.15, 0.2) is 35.5 Å². The van der Waals surface area contributed by atoms with Gasteiger partial charge in [-0.05, 0) is 22.0 Å². The van der Waals surface area contributed by atoms with E-state index in [1.54, 1.807) is 12.5 Å². The molecule has 3 rings (SSSR count). The van der Waals surface area contributed by atoms with Crippen LogP contribution in [0.1, 0.15) is 11.7 Å². The molecule has 0 amide bonds. The first-order chi connectivity index (χ1) is 8.31. The van der Waals surface area contributed by atoms with E-state index in [0.717, 1.165) is 29.8 Å². The van der Waals surface area contributed by atoms with Gasteiger partial charge in [0, 0.05) is 32.0 Å². The number of hydrogen-bond acceptors (Lipinski definition) is 4. The van der Waals surface area contributed by atoms with E-state index >= 15 is 0 Å². The summed E-state index contributed by atoms with van der Waals surface area (Å²) >= 11 is 3.41. The molecule has 0 aromatic carbocycles. The van der Waals surface area contributed by atoms with Gasteiger partial charge in [-0.1, -0.05) is 0 Å². The van der Waals surface area contributed by atoms with E-state index in [-0.39, 0.29) is 0 Å². The van der Waals surface area contributed by atoms with Crippen LogP contribution in [0.25, 0.3) is 0 Å². The highest BCUT2D eigenvalue weighted by Gasteiger charge is 2.28. The van der Waals surface area contributed by atoms with Gasteiger partial charge in [-0.25, -0.2) is 9.97 Å². The van der Waals surface area contributed by atoms with Crippen LogP contribution in [0.4, 0.5) is 0 Å². The monoisotopic (exact) mass is 293 g/mol. The SMILES string of the molecule is Brc1cnn(C2CN(Cc3ccncn3)C2)c1. The molecule has 1 fully saturated rings. The largest absolute Gasteiger partial charge is 0.293 e. The molecular weight excluding hydrogens is 282 g/mol. The van der Waals surface area contributed by atoms with Crippen LogP contribution in [0.5, 0.6) is 0 Å². The highest BCUT2D eigenvalue weighted by molar-refractivity contribution is 9.10. The van der Waals surface area contributed by atoms with Crippen molar-refractivity contribution in [3.8, 4) is 0 Å². The van der Waals surface area contributed by atoms with Crippen LogP contribution in [-0.2, 0) is 6.54 Å². The van der Waals surface area contributed by atoms with E-state index in [1.807, 2.05) is 23.1 Å². The van der Waals surface area contributed by atoms with E-state index in [0.29, 0.717) is 6.04 Å². The summed E-state index contributed by atoms with van der Waals surface area (Å²) in [7, 11) is 0. The molecule has 0 unspecified atom stereocenters. The third kappa shape index (κ3) is 2.37. The maximum Gasteiger partial charge on any atom is 0.115 e. The predicted octanol–water partition coefficient (Wildman–Crippen LogP) is 1.49. The smallest absolute Gasteiger partial charge is 0.115 e. The van der Waals surface area contributed by atoms with Gasteiger partial charge in [-0.15, -0.1) is 0 Å². The Labute approximate surface area is 108 Å². The van der Waals surface area contributed by atoms with Crippen LogP contribution >= 0.6 is 15.9 Å². The lowest BCUT2D eigenvalue weighted by Gasteiger charge is -2.38. The molecule has 0 N–H and O–H groups in total. The molecule has 17 heavy (non-hydrogen) atoms. The van der Waals surface area contributed by atoms with E-state index in [9.17, 15) is 0 Å². The Bertz CT molecular complexity index is 492. The number of rotatable bonds is 3. The summed E-state index contributed by atoms with van der Waals surface area (Å²) < 4.78 is 3.05. The summed E-state index contributed by atoms with van der Waals surface area (Å²) in [5.41, 5.74) is 1.07. The first kappa shape index (κ1) is 10.9. The van der Waals surface area contributed by atoms with Crippen molar-refractivity contribution in [2.24, 2.45) is 0 Å². The summed E-state index contributed by atoms with van der Waals surface area (Å²) in [6.07, 6.45) is 7.22. The Hall–Kier alpha value is -1.27. The van der Waals surface area contributed by atoms with Crippen LogP contribution in [0.2, 0.25) is 0 Å². The van der Waals surface area contributed by atoms with Gasteiger partial charge in [0.15, 0.2) is 0 Å². The molecule has 0 atom stereocenters. The molecule has 0 radical (unpaired) electrons. The maximum absolute atomic E-state index is 4.30. The minimum absolute atomic E-state index is 0.489. The quantitative estimate of drug-likeness (QED) is 0.860. The molecule has 0 bridgehead atoms. The van der Waals surface area contributed by atoms with Crippen LogP contribution in [-0.4, -0.2) is 37.7 Å². The first-order valence-corrected chi connectivity index (χ1v) is 6.27. The summed E-state index contributed by atoms with van der Waals surface area (Å²) in [6.45, 7) is 2.94. The normalized spacial score (nSPS) is 17.0. The Morgan fingerprint density at radius 1 is 1.41 bits per heavy atom. The van der Waals surface area contributed by atoms with Crippen molar-refractivity contribution in [1.82, 2.24) is 24.6 Å². The fourth-order valence-corrected chi connectivity index (χ4v) is 2.30. The summed E-state index contributed by atoms with van der Waals surface area (Å²) in [6, 6.07) is 2.45. The van der Waals surface area contributed by atoms with Gasteiger partial charge in [0.25, 0.3) is 0 Å². The van der Waals surface area contributed by atoms with Crippen molar-refractivity contribution in [3.63, 3.8) is 0 Å². The highest BCUT2D eigenvalue weighted by Crippen LogP contribution is 2.23. The minimum Gasteiger partial charge on any atom is -0.293 e. The Balaban J connectivity index is 1.55. The topological polar surface area (TPSA) is 46.8 Å². The van der Waals surface area contributed by atoms with Gasteiger partial charge in [0.05, 0.1) is 22.4 Å². The zero-order valence-electron chi connectivity index (χ0n) is 9.20. The predicted molar refractivity (Wildman–Crippen MR) is 66.3 cm³/mol. The number of nitrogens with zero attached hydrogens (tertiary/aromatic N) is 5. The number of halogens is 1. The molecule has 3 heterocycles. The molecule has 1 saturated heterocycles.